The highest BCUT2D eigenvalue weighted by molar-refractivity contribution is 4.76. The van der Waals surface area contributed by atoms with Crippen molar-refractivity contribution in [2.45, 2.75) is 58.0 Å². The largest absolute Gasteiger partial charge is 0.312 e. The zero-order valence-electron chi connectivity index (χ0n) is 7.19. The first kappa shape index (κ1) is 8.06. The van der Waals surface area contributed by atoms with E-state index in [1.807, 2.05) is 0 Å². The summed E-state index contributed by atoms with van der Waals surface area (Å²) in [6.07, 6.45) is 6.89. The predicted molar refractivity (Wildman–Crippen MR) is 45.1 cm³/mol. The van der Waals surface area contributed by atoms with Crippen molar-refractivity contribution in [3.8, 4) is 0 Å². The van der Waals surface area contributed by atoms with Crippen molar-refractivity contribution in [3.63, 3.8) is 0 Å². The Hall–Kier alpha value is -0.0400. The van der Waals surface area contributed by atoms with Crippen molar-refractivity contribution in [1.82, 2.24) is 5.32 Å². The highest BCUT2D eigenvalue weighted by Crippen LogP contribution is 2.15. The van der Waals surface area contributed by atoms with E-state index in [-0.39, 0.29) is 0 Å². The molecule has 1 saturated heterocycles. The Bertz CT molecular complexity index is 88.7. The summed E-state index contributed by atoms with van der Waals surface area (Å²) < 4.78 is 0. The molecule has 0 amide bonds. The quantitative estimate of drug-likeness (QED) is 0.622. The molecule has 10 heavy (non-hydrogen) atoms. The van der Waals surface area contributed by atoms with E-state index >= 15 is 0 Å². The minimum absolute atomic E-state index is 0.769. The minimum Gasteiger partial charge on any atom is -0.312 e. The van der Waals surface area contributed by atoms with Gasteiger partial charge in [0.25, 0.3) is 0 Å². The van der Waals surface area contributed by atoms with Gasteiger partial charge in [-0.2, -0.15) is 0 Å². The lowest BCUT2D eigenvalue weighted by Crippen LogP contribution is -2.40. The molecule has 1 fully saturated rings. The molecular formula is C9H19N. The Kier molecular flexibility index (Phi) is 3.20. The maximum Gasteiger partial charge on any atom is 0.00694 e. The van der Waals surface area contributed by atoms with Gasteiger partial charge in [0.1, 0.15) is 0 Å². The Labute approximate surface area is 64.2 Å². The molecule has 1 nitrogen and oxygen atoms in total. The van der Waals surface area contributed by atoms with Gasteiger partial charge in [-0.15, -0.1) is 0 Å². The van der Waals surface area contributed by atoms with Crippen LogP contribution < -0.4 is 5.32 Å². The van der Waals surface area contributed by atoms with Gasteiger partial charge in [-0.3, -0.25) is 0 Å². The van der Waals surface area contributed by atoms with Crippen LogP contribution in [0.2, 0.25) is 0 Å². The molecule has 1 rings (SSSR count). The summed E-state index contributed by atoms with van der Waals surface area (Å²) in [5.41, 5.74) is 0. The van der Waals surface area contributed by atoms with Gasteiger partial charge in [0, 0.05) is 12.1 Å². The van der Waals surface area contributed by atoms with E-state index in [1.165, 1.54) is 32.1 Å². The van der Waals surface area contributed by atoms with Crippen LogP contribution in [0.5, 0.6) is 0 Å². The van der Waals surface area contributed by atoms with Crippen LogP contribution in [0.3, 0.4) is 0 Å². The summed E-state index contributed by atoms with van der Waals surface area (Å²) in [5.74, 6) is 0. The second kappa shape index (κ2) is 3.97. The Morgan fingerprint density at radius 2 is 2.20 bits per heavy atom. The molecular weight excluding hydrogens is 122 g/mol. The third-order valence-corrected chi connectivity index (χ3v) is 2.35. The molecule has 0 aromatic carbocycles. The lowest BCUT2D eigenvalue weighted by molar-refractivity contribution is 0.320. The number of piperidine rings is 1. The standard InChI is InChI=1S/C9H19N/c1-3-5-9-7-4-6-8(2)10-9/h8-10H,3-7H2,1-2H3/t8-,9-/m1/s1. The van der Waals surface area contributed by atoms with Gasteiger partial charge < -0.3 is 5.32 Å². The summed E-state index contributed by atoms with van der Waals surface area (Å²) in [7, 11) is 0. The van der Waals surface area contributed by atoms with E-state index in [1.54, 1.807) is 0 Å². The summed E-state index contributed by atoms with van der Waals surface area (Å²) >= 11 is 0. The SMILES string of the molecule is CCC[C@@H]1CCC[C@@H](C)N1. The van der Waals surface area contributed by atoms with Crippen LogP contribution >= 0.6 is 0 Å². The van der Waals surface area contributed by atoms with E-state index in [0.29, 0.717) is 0 Å². The Morgan fingerprint density at radius 3 is 2.80 bits per heavy atom. The Balaban J connectivity index is 2.18. The van der Waals surface area contributed by atoms with Crippen molar-refractivity contribution >= 4 is 0 Å². The molecule has 0 radical (unpaired) electrons. The van der Waals surface area contributed by atoms with Gasteiger partial charge in [-0.1, -0.05) is 19.8 Å². The lowest BCUT2D eigenvalue weighted by atomic mass is 9.97. The van der Waals surface area contributed by atoms with Gasteiger partial charge in [-0.25, -0.2) is 0 Å². The van der Waals surface area contributed by atoms with Crippen LogP contribution in [-0.4, -0.2) is 12.1 Å². The van der Waals surface area contributed by atoms with Crippen molar-refractivity contribution in [2.75, 3.05) is 0 Å². The average Bonchev–Trinajstić information content (AvgIpc) is 1.88. The molecule has 1 aliphatic heterocycles. The van der Waals surface area contributed by atoms with E-state index in [2.05, 4.69) is 19.2 Å². The molecule has 1 N–H and O–H groups in total. The van der Waals surface area contributed by atoms with Crippen LogP contribution in [0.15, 0.2) is 0 Å². The zero-order valence-corrected chi connectivity index (χ0v) is 7.19. The average molecular weight is 141 g/mol. The number of nitrogens with one attached hydrogen (secondary N) is 1. The van der Waals surface area contributed by atoms with Crippen LogP contribution in [-0.2, 0) is 0 Å². The van der Waals surface area contributed by atoms with Crippen LogP contribution in [0, 0.1) is 0 Å². The summed E-state index contributed by atoms with van der Waals surface area (Å²) in [4.78, 5) is 0. The Morgan fingerprint density at radius 1 is 1.40 bits per heavy atom. The van der Waals surface area contributed by atoms with Gasteiger partial charge in [0.05, 0.1) is 0 Å². The third kappa shape index (κ3) is 2.30. The maximum absolute atomic E-state index is 3.62. The van der Waals surface area contributed by atoms with Crippen LogP contribution in [0.1, 0.15) is 46.0 Å². The topological polar surface area (TPSA) is 12.0 Å². The first-order valence-electron chi connectivity index (χ1n) is 4.59. The molecule has 0 aromatic rings. The molecule has 2 atom stereocenters. The fourth-order valence-corrected chi connectivity index (χ4v) is 1.82. The molecule has 0 spiro atoms. The highest BCUT2D eigenvalue weighted by atomic mass is 15.0. The van der Waals surface area contributed by atoms with Crippen LogP contribution in [0.25, 0.3) is 0 Å². The fraction of sp³-hybridized carbons (Fsp3) is 1.00. The molecule has 1 aliphatic rings. The second-order valence-electron chi connectivity index (χ2n) is 3.48. The van der Waals surface area contributed by atoms with Crippen molar-refractivity contribution in [2.24, 2.45) is 0 Å². The number of hydrogen-bond acceptors (Lipinski definition) is 1. The molecule has 60 valence electrons. The smallest absolute Gasteiger partial charge is 0.00694 e. The monoisotopic (exact) mass is 141 g/mol. The molecule has 0 saturated carbocycles. The number of rotatable bonds is 2. The highest BCUT2D eigenvalue weighted by Gasteiger charge is 2.15. The first-order valence-corrected chi connectivity index (χ1v) is 4.59. The third-order valence-electron chi connectivity index (χ3n) is 2.35. The van der Waals surface area contributed by atoms with E-state index in [9.17, 15) is 0 Å². The molecule has 0 bridgehead atoms. The second-order valence-corrected chi connectivity index (χ2v) is 3.48. The fourth-order valence-electron chi connectivity index (χ4n) is 1.82. The van der Waals surface area contributed by atoms with Gasteiger partial charge in [0.2, 0.25) is 0 Å². The van der Waals surface area contributed by atoms with Gasteiger partial charge in [-0.05, 0) is 26.2 Å². The molecule has 0 unspecified atom stereocenters. The molecule has 0 aliphatic carbocycles. The zero-order chi connectivity index (χ0) is 7.40. The van der Waals surface area contributed by atoms with E-state index in [0.717, 1.165) is 12.1 Å². The predicted octanol–water partition coefficient (Wildman–Crippen LogP) is 2.32. The van der Waals surface area contributed by atoms with Gasteiger partial charge in [0.15, 0.2) is 0 Å². The van der Waals surface area contributed by atoms with Crippen molar-refractivity contribution in [1.29, 1.82) is 0 Å². The minimum atomic E-state index is 0.769. The van der Waals surface area contributed by atoms with Gasteiger partial charge >= 0.3 is 0 Å². The maximum atomic E-state index is 3.62. The summed E-state index contributed by atoms with van der Waals surface area (Å²) in [6, 6.07) is 1.60. The first-order chi connectivity index (χ1) is 4.83. The summed E-state index contributed by atoms with van der Waals surface area (Å²) in [6.45, 7) is 4.56. The van der Waals surface area contributed by atoms with E-state index in [4.69, 9.17) is 0 Å². The number of hydrogen-bond donors (Lipinski definition) is 1. The van der Waals surface area contributed by atoms with Crippen molar-refractivity contribution < 1.29 is 0 Å². The lowest BCUT2D eigenvalue weighted by Gasteiger charge is -2.28. The van der Waals surface area contributed by atoms with Crippen LogP contribution in [0.4, 0.5) is 0 Å². The van der Waals surface area contributed by atoms with Crippen molar-refractivity contribution in [3.05, 3.63) is 0 Å². The molecule has 0 aromatic heterocycles. The van der Waals surface area contributed by atoms with E-state index < -0.39 is 0 Å². The summed E-state index contributed by atoms with van der Waals surface area (Å²) in [5, 5.41) is 3.62. The molecule has 1 heterocycles. The normalized spacial score (nSPS) is 34.2. The molecule has 1 heteroatoms.